The quantitative estimate of drug-likeness (QED) is 0.0243. The summed E-state index contributed by atoms with van der Waals surface area (Å²) >= 11 is 0. The van der Waals surface area contributed by atoms with Gasteiger partial charge in [0.25, 0.3) is 0 Å². The van der Waals surface area contributed by atoms with Gasteiger partial charge in [0, 0.05) is 6.42 Å². The molecular formula is C66H130N2O6P+. The number of hydrogen-bond acceptors (Lipinski definition) is 5. The molecule has 0 rings (SSSR count). The molecule has 3 N–H and O–H groups in total. The first-order chi connectivity index (χ1) is 36.5. The molecule has 0 aliphatic rings. The number of carbonyl (C=O) groups is 1. The van der Waals surface area contributed by atoms with Crippen LogP contribution in [0.2, 0.25) is 0 Å². The summed E-state index contributed by atoms with van der Waals surface area (Å²) in [7, 11) is 1.57. The smallest absolute Gasteiger partial charge is 0.387 e. The van der Waals surface area contributed by atoms with E-state index in [0.29, 0.717) is 17.4 Å². The fraction of sp³-hybridized carbons (Fsp3) is 0.894. The van der Waals surface area contributed by atoms with Crippen molar-refractivity contribution in [2.75, 3.05) is 40.9 Å². The number of rotatable bonds is 61. The first kappa shape index (κ1) is 73.7. The average Bonchev–Trinajstić information content (AvgIpc) is 3.37. The molecule has 75 heavy (non-hydrogen) atoms. The minimum atomic E-state index is -4.35. The van der Waals surface area contributed by atoms with Gasteiger partial charge < -0.3 is 19.8 Å². The third kappa shape index (κ3) is 60.2. The van der Waals surface area contributed by atoms with Crippen LogP contribution in [0.4, 0.5) is 0 Å². The molecule has 0 radical (unpaired) electrons. The molecule has 0 saturated heterocycles. The van der Waals surface area contributed by atoms with Crippen molar-refractivity contribution in [2.45, 2.75) is 341 Å². The summed E-state index contributed by atoms with van der Waals surface area (Å²) in [4.78, 5) is 23.3. The van der Waals surface area contributed by atoms with Gasteiger partial charge in [0.1, 0.15) is 13.2 Å². The Bertz CT molecular complexity index is 1320. The van der Waals surface area contributed by atoms with Crippen molar-refractivity contribution in [1.82, 2.24) is 5.32 Å². The van der Waals surface area contributed by atoms with Gasteiger partial charge in [0.15, 0.2) is 0 Å². The number of amides is 1. The molecule has 0 heterocycles. The van der Waals surface area contributed by atoms with E-state index in [1.54, 1.807) is 6.08 Å². The maximum atomic E-state index is 13.0. The number of aliphatic hydroxyl groups is 1. The number of nitrogens with one attached hydrogen (secondary N) is 1. The fourth-order valence-electron chi connectivity index (χ4n) is 9.94. The number of carbonyl (C=O) groups excluding carboxylic acids is 1. The van der Waals surface area contributed by atoms with Crippen LogP contribution in [0.1, 0.15) is 328 Å². The molecule has 1 amide bonds. The van der Waals surface area contributed by atoms with E-state index in [-0.39, 0.29) is 19.1 Å². The molecule has 0 aromatic heterocycles. The summed E-state index contributed by atoms with van der Waals surface area (Å²) in [6, 6.07) is -0.860. The van der Waals surface area contributed by atoms with E-state index in [4.69, 9.17) is 9.05 Å². The third-order valence-corrected chi connectivity index (χ3v) is 16.1. The largest absolute Gasteiger partial charge is 0.472 e. The number of phosphoric ester groups is 1. The van der Waals surface area contributed by atoms with Crippen molar-refractivity contribution < 1.29 is 32.9 Å². The zero-order chi connectivity index (χ0) is 54.9. The molecule has 3 atom stereocenters. The summed E-state index contributed by atoms with van der Waals surface area (Å²) < 4.78 is 23.6. The van der Waals surface area contributed by atoms with E-state index in [0.717, 1.165) is 38.5 Å². The SMILES string of the molecule is CCCCCCCC/C=C/CC/C=C/C(O)C(COP(=O)(O)OCC[N+](C)(C)C)NC(=O)CCCCCCCCCCCCCCCCCCCCCCCCCCCCCCC/C=C\CCCCCCCCCC. The maximum Gasteiger partial charge on any atom is 0.472 e. The molecule has 0 saturated carbocycles. The lowest BCUT2D eigenvalue weighted by Crippen LogP contribution is -2.45. The molecule has 0 aliphatic heterocycles. The van der Waals surface area contributed by atoms with Crippen molar-refractivity contribution in [3.05, 3.63) is 36.5 Å². The van der Waals surface area contributed by atoms with Gasteiger partial charge in [-0.25, -0.2) is 4.57 Å². The van der Waals surface area contributed by atoms with Gasteiger partial charge in [-0.05, 0) is 57.8 Å². The molecule has 0 fully saturated rings. The zero-order valence-electron chi connectivity index (χ0n) is 50.8. The van der Waals surface area contributed by atoms with E-state index < -0.39 is 20.0 Å². The summed E-state index contributed by atoms with van der Waals surface area (Å²) in [5.74, 6) is -0.182. The van der Waals surface area contributed by atoms with Gasteiger partial charge in [-0.2, -0.15) is 0 Å². The first-order valence-electron chi connectivity index (χ1n) is 32.9. The Morgan fingerprint density at radius 1 is 0.440 bits per heavy atom. The third-order valence-electron chi connectivity index (χ3n) is 15.1. The highest BCUT2D eigenvalue weighted by Gasteiger charge is 2.28. The van der Waals surface area contributed by atoms with E-state index in [9.17, 15) is 19.4 Å². The monoisotopic (exact) mass is 1080 g/mol. The highest BCUT2D eigenvalue weighted by Crippen LogP contribution is 2.43. The molecular weight excluding hydrogens is 948 g/mol. The van der Waals surface area contributed by atoms with Gasteiger partial charge >= 0.3 is 7.82 Å². The number of quaternary nitrogens is 1. The highest BCUT2D eigenvalue weighted by atomic mass is 31.2. The average molecular weight is 1080 g/mol. The normalized spacial score (nSPS) is 14.0. The molecule has 0 aromatic carbocycles. The number of hydrogen-bond donors (Lipinski definition) is 3. The lowest BCUT2D eigenvalue weighted by molar-refractivity contribution is -0.870. The van der Waals surface area contributed by atoms with Gasteiger partial charge in [0.05, 0.1) is 39.9 Å². The summed E-state index contributed by atoms with van der Waals surface area (Å²) in [5.41, 5.74) is 0. The van der Waals surface area contributed by atoms with Crippen molar-refractivity contribution in [2.24, 2.45) is 0 Å². The predicted molar refractivity (Wildman–Crippen MR) is 328 cm³/mol. The molecule has 444 valence electrons. The molecule has 0 spiro atoms. The number of unbranched alkanes of at least 4 members (excludes halogenated alkanes) is 44. The van der Waals surface area contributed by atoms with Gasteiger partial charge in [-0.3, -0.25) is 13.8 Å². The minimum Gasteiger partial charge on any atom is -0.387 e. The fourth-order valence-corrected chi connectivity index (χ4v) is 10.7. The minimum absolute atomic E-state index is 0.0579. The molecule has 0 bridgehead atoms. The van der Waals surface area contributed by atoms with Crippen LogP contribution >= 0.6 is 7.82 Å². The van der Waals surface area contributed by atoms with E-state index in [1.165, 1.54) is 270 Å². The van der Waals surface area contributed by atoms with Crippen molar-refractivity contribution >= 4 is 13.7 Å². The van der Waals surface area contributed by atoms with Gasteiger partial charge in [-0.15, -0.1) is 0 Å². The number of aliphatic hydroxyl groups excluding tert-OH is 1. The Hall–Kier alpha value is -1.28. The molecule has 3 unspecified atom stereocenters. The molecule has 9 heteroatoms. The second-order valence-corrected chi connectivity index (χ2v) is 25.3. The summed E-state index contributed by atoms with van der Waals surface area (Å²) in [6.45, 7) is 4.80. The van der Waals surface area contributed by atoms with Crippen LogP contribution in [0, 0.1) is 0 Å². The molecule has 8 nitrogen and oxygen atoms in total. The standard InChI is InChI=1S/C66H129N2O6P/c1-6-8-10-12-14-16-18-20-21-22-23-24-25-26-27-28-29-30-31-32-33-34-35-36-37-38-39-40-41-42-43-44-45-46-47-48-50-52-54-56-58-60-66(70)67-64(63-74-75(71,72)73-62-61-68(3,4)5)65(69)59-57-55-53-51-49-19-17-15-13-11-9-7-2/h22-23,49,51,57,59,64-65,69H,6-21,24-48,50,52-56,58,60-63H2,1-5H3,(H-,67,70,71,72)/p+1/b23-22-,51-49+,59-57+. The number of allylic oxidation sites excluding steroid dienone is 5. The predicted octanol–water partition coefficient (Wildman–Crippen LogP) is 20.5. The Kier molecular flexibility index (Phi) is 56.4. The van der Waals surface area contributed by atoms with Crippen LogP contribution in [-0.4, -0.2) is 73.4 Å². The number of likely N-dealkylation sites (N-methyl/N-ethyl adjacent to an activating group) is 1. The summed E-state index contributed by atoms with van der Waals surface area (Å²) in [5, 5.41) is 13.9. The van der Waals surface area contributed by atoms with Crippen LogP contribution in [0.15, 0.2) is 36.5 Å². The van der Waals surface area contributed by atoms with Crippen molar-refractivity contribution in [3.63, 3.8) is 0 Å². The Labute approximate surface area is 467 Å². The Balaban J connectivity index is 3.80. The molecule has 0 aliphatic carbocycles. The number of phosphoric acid groups is 1. The summed E-state index contributed by atoms with van der Waals surface area (Å²) in [6.07, 6.45) is 76.0. The van der Waals surface area contributed by atoms with Crippen LogP contribution in [0.5, 0.6) is 0 Å². The van der Waals surface area contributed by atoms with Crippen molar-refractivity contribution in [1.29, 1.82) is 0 Å². The Morgan fingerprint density at radius 2 is 0.733 bits per heavy atom. The zero-order valence-corrected chi connectivity index (χ0v) is 51.7. The maximum absolute atomic E-state index is 13.0. The van der Waals surface area contributed by atoms with E-state index in [1.807, 2.05) is 27.2 Å². The van der Waals surface area contributed by atoms with Crippen LogP contribution in [-0.2, 0) is 18.4 Å². The number of nitrogens with zero attached hydrogens (tertiary/aromatic N) is 1. The Morgan fingerprint density at radius 3 is 1.07 bits per heavy atom. The molecule has 0 aromatic rings. The lowest BCUT2D eigenvalue weighted by atomic mass is 10.0. The second kappa shape index (κ2) is 57.4. The van der Waals surface area contributed by atoms with Crippen LogP contribution in [0.25, 0.3) is 0 Å². The van der Waals surface area contributed by atoms with Crippen molar-refractivity contribution in [3.8, 4) is 0 Å². The van der Waals surface area contributed by atoms with E-state index in [2.05, 4.69) is 43.5 Å². The first-order valence-corrected chi connectivity index (χ1v) is 34.4. The highest BCUT2D eigenvalue weighted by molar-refractivity contribution is 7.47. The van der Waals surface area contributed by atoms with Crippen LogP contribution in [0.3, 0.4) is 0 Å². The second-order valence-electron chi connectivity index (χ2n) is 23.8. The van der Waals surface area contributed by atoms with Gasteiger partial charge in [0.2, 0.25) is 5.91 Å². The van der Waals surface area contributed by atoms with E-state index >= 15 is 0 Å². The van der Waals surface area contributed by atoms with Gasteiger partial charge in [-0.1, -0.05) is 301 Å². The lowest BCUT2D eigenvalue weighted by Gasteiger charge is -2.25. The van der Waals surface area contributed by atoms with Crippen LogP contribution < -0.4 is 5.32 Å². The topological polar surface area (TPSA) is 105 Å².